The van der Waals surface area contributed by atoms with Crippen LogP contribution in [0.2, 0.25) is 5.15 Å². The predicted octanol–water partition coefficient (Wildman–Crippen LogP) is 2.81. The van der Waals surface area contributed by atoms with Gasteiger partial charge in [-0.05, 0) is 19.9 Å². The first-order chi connectivity index (χ1) is 7.59. The first-order valence-electron chi connectivity index (χ1n) is 4.67. The van der Waals surface area contributed by atoms with Crippen LogP contribution in [-0.4, -0.2) is 23.4 Å². The molecule has 0 aromatic carbocycles. The summed E-state index contributed by atoms with van der Waals surface area (Å²) in [4.78, 5) is 0. The Labute approximate surface area is 104 Å². The summed E-state index contributed by atoms with van der Waals surface area (Å²) in [5, 5.41) is 7.64. The Bertz CT molecular complexity index is 366. The van der Waals surface area contributed by atoms with E-state index in [0.717, 1.165) is 0 Å². The molecule has 1 heterocycles. The third-order valence-electron chi connectivity index (χ3n) is 1.39. The van der Waals surface area contributed by atoms with E-state index in [1.165, 1.54) is 0 Å². The molecule has 0 saturated carbocycles. The van der Waals surface area contributed by atoms with Crippen LogP contribution in [0.3, 0.4) is 0 Å². The molecule has 0 atom stereocenters. The van der Waals surface area contributed by atoms with Crippen LogP contribution in [0.4, 0.5) is 0 Å². The van der Waals surface area contributed by atoms with Crippen LogP contribution >= 0.6 is 18.3 Å². The molecular formula is C8H12ClN2O3PS. The molecule has 0 amide bonds. The number of rotatable bonds is 6. The Morgan fingerprint density at radius 1 is 1.25 bits per heavy atom. The number of halogens is 1. The lowest BCUT2D eigenvalue weighted by Crippen LogP contribution is -2.03. The maximum absolute atomic E-state index is 5.60. The molecule has 0 aliphatic rings. The molecule has 0 fully saturated rings. The van der Waals surface area contributed by atoms with Gasteiger partial charge in [0, 0.05) is 17.9 Å². The largest absolute Gasteiger partial charge is 0.404 e. The minimum atomic E-state index is -2.77. The van der Waals surface area contributed by atoms with Crippen molar-refractivity contribution in [1.82, 2.24) is 10.2 Å². The molecular weight excluding hydrogens is 271 g/mol. The van der Waals surface area contributed by atoms with Gasteiger partial charge in [-0.15, -0.1) is 10.2 Å². The maximum atomic E-state index is 5.60. The van der Waals surface area contributed by atoms with Gasteiger partial charge in [0.15, 0.2) is 5.15 Å². The zero-order valence-electron chi connectivity index (χ0n) is 8.92. The molecule has 90 valence electrons. The standard InChI is InChI=1S/C8H12ClN2O3PS/c1-3-12-15(16,13-4-2)14-8-6-5-7(9)10-11-8/h5-6H,3-4H2,1-2H3. The summed E-state index contributed by atoms with van der Waals surface area (Å²) in [6.45, 7) is 1.69. The third-order valence-corrected chi connectivity index (χ3v) is 4.00. The van der Waals surface area contributed by atoms with Gasteiger partial charge in [-0.3, -0.25) is 9.05 Å². The van der Waals surface area contributed by atoms with Crippen molar-refractivity contribution >= 4 is 30.1 Å². The highest BCUT2D eigenvalue weighted by Crippen LogP contribution is 2.49. The highest BCUT2D eigenvalue weighted by atomic mass is 35.5. The second-order valence-corrected chi connectivity index (χ2v) is 5.89. The van der Waals surface area contributed by atoms with Crippen molar-refractivity contribution < 1.29 is 13.6 Å². The van der Waals surface area contributed by atoms with E-state index in [4.69, 9.17) is 37.0 Å². The summed E-state index contributed by atoms with van der Waals surface area (Å²) in [6, 6.07) is 3.12. The maximum Gasteiger partial charge on any atom is 0.381 e. The van der Waals surface area contributed by atoms with Crippen molar-refractivity contribution in [3.05, 3.63) is 17.3 Å². The minimum absolute atomic E-state index is 0.245. The van der Waals surface area contributed by atoms with Crippen LogP contribution in [-0.2, 0) is 20.9 Å². The molecule has 0 saturated heterocycles. The van der Waals surface area contributed by atoms with Crippen molar-refractivity contribution in [3.8, 4) is 5.88 Å². The normalized spacial score (nSPS) is 11.4. The first-order valence-corrected chi connectivity index (χ1v) is 7.61. The van der Waals surface area contributed by atoms with Crippen molar-refractivity contribution in [2.75, 3.05) is 13.2 Å². The number of hydrogen-bond acceptors (Lipinski definition) is 6. The van der Waals surface area contributed by atoms with E-state index in [2.05, 4.69) is 10.2 Å². The fourth-order valence-corrected chi connectivity index (χ4v) is 2.97. The van der Waals surface area contributed by atoms with Crippen molar-refractivity contribution in [2.45, 2.75) is 13.8 Å². The highest BCUT2D eigenvalue weighted by Gasteiger charge is 2.21. The second kappa shape index (κ2) is 6.47. The first kappa shape index (κ1) is 13.8. The molecule has 1 aromatic heterocycles. The molecule has 1 rings (SSSR count). The van der Waals surface area contributed by atoms with Gasteiger partial charge in [-0.25, -0.2) is 0 Å². The van der Waals surface area contributed by atoms with Crippen molar-refractivity contribution in [2.24, 2.45) is 0 Å². The molecule has 0 N–H and O–H groups in total. The highest BCUT2D eigenvalue weighted by molar-refractivity contribution is 8.07. The van der Waals surface area contributed by atoms with E-state index < -0.39 is 6.72 Å². The number of aromatic nitrogens is 2. The van der Waals surface area contributed by atoms with Gasteiger partial charge >= 0.3 is 6.72 Å². The molecule has 8 heteroatoms. The zero-order valence-corrected chi connectivity index (χ0v) is 11.4. The van der Waals surface area contributed by atoms with Crippen LogP contribution in [0.15, 0.2) is 12.1 Å². The van der Waals surface area contributed by atoms with Gasteiger partial charge in [-0.2, -0.15) is 0 Å². The molecule has 16 heavy (non-hydrogen) atoms. The molecule has 0 bridgehead atoms. The second-order valence-electron chi connectivity index (χ2n) is 2.57. The average molecular weight is 283 g/mol. The Kier molecular flexibility index (Phi) is 5.58. The molecule has 1 aromatic rings. The summed E-state index contributed by atoms with van der Waals surface area (Å²) >= 11 is 10.8. The van der Waals surface area contributed by atoms with Gasteiger partial charge in [0.1, 0.15) is 0 Å². The Hall–Kier alpha value is -0.260. The lowest BCUT2D eigenvalue weighted by Gasteiger charge is -2.19. The van der Waals surface area contributed by atoms with Crippen LogP contribution in [0.25, 0.3) is 0 Å². The topological polar surface area (TPSA) is 53.5 Å². The third kappa shape index (κ3) is 4.31. The van der Waals surface area contributed by atoms with Crippen LogP contribution in [0.1, 0.15) is 13.8 Å². The Morgan fingerprint density at radius 3 is 2.31 bits per heavy atom. The minimum Gasteiger partial charge on any atom is -0.404 e. The lowest BCUT2D eigenvalue weighted by molar-refractivity contribution is 0.215. The van der Waals surface area contributed by atoms with Crippen molar-refractivity contribution in [1.29, 1.82) is 0 Å². The zero-order chi connectivity index (χ0) is 12.0. The van der Waals surface area contributed by atoms with E-state index in [9.17, 15) is 0 Å². The van der Waals surface area contributed by atoms with E-state index in [1.807, 2.05) is 13.8 Å². The average Bonchev–Trinajstić information content (AvgIpc) is 2.22. The predicted molar refractivity (Wildman–Crippen MR) is 65.2 cm³/mol. The smallest absolute Gasteiger partial charge is 0.381 e. The molecule has 0 radical (unpaired) electrons. The SMILES string of the molecule is CCOP(=S)(OCC)Oc1ccc(Cl)nn1. The van der Waals surface area contributed by atoms with Crippen molar-refractivity contribution in [3.63, 3.8) is 0 Å². The van der Waals surface area contributed by atoms with Gasteiger partial charge in [0.25, 0.3) is 0 Å². The van der Waals surface area contributed by atoms with Gasteiger partial charge in [0.2, 0.25) is 5.88 Å². The van der Waals surface area contributed by atoms with E-state index in [-0.39, 0.29) is 11.0 Å². The summed E-state index contributed by atoms with van der Waals surface area (Å²) in [6.07, 6.45) is 0. The Morgan fingerprint density at radius 2 is 1.88 bits per heavy atom. The monoisotopic (exact) mass is 282 g/mol. The summed E-state index contributed by atoms with van der Waals surface area (Å²) in [5.74, 6) is 0.245. The molecule has 0 spiro atoms. The summed E-state index contributed by atoms with van der Waals surface area (Å²) < 4.78 is 16.0. The van der Waals surface area contributed by atoms with E-state index in [1.54, 1.807) is 12.1 Å². The molecule has 0 unspecified atom stereocenters. The fraction of sp³-hybridized carbons (Fsp3) is 0.500. The lowest BCUT2D eigenvalue weighted by atomic mass is 10.6. The number of nitrogens with zero attached hydrogens (tertiary/aromatic N) is 2. The quantitative estimate of drug-likeness (QED) is 0.748. The van der Waals surface area contributed by atoms with E-state index in [0.29, 0.717) is 13.2 Å². The van der Waals surface area contributed by atoms with Crippen LogP contribution in [0, 0.1) is 0 Å². The summed E-state index contributed by atoms with van der Waals surface area (Å²) in [5.41, 5.74) is 0. The van der Waals surface area contributed by atoms with Crippen LogP contribution < -0.4 is 4.52 Å². The fourth-order valence-electron chi connectivity index (χ4n) is 0.873. The van der Waals surface area contributed by atoms with Crippen LogP contribution in [0.5, 0.6) is 5.88 Å². The summed E-state index contributed by atoms with van der Waals surface area (Å²) in [7, 11) is 0. The van der Waals surface area contributed by atoms with Gasteiger partial charge < -0.3 is 4.52 Å². The van der Waals surface area contributed by atoms with Gasteiger partial charge in [0.05, 0.1) is 13.2 Å². The molecule has 0 aliphatic heterocycles. The number of hydrogen-bond donors (Lipinski definition) is 0. The van der Waals surface area contributed by atoms with E-state index >= 15 is 0 Å². The molecule has 0 aliphatic carbocycles. The Balaban J connectivity index is 2.75. The molecule has 5 nitrogen and oxygen atoms in total. The van der Waals surface area contributed by atoms with Gasteiger partial charge in [-0.1, -0.05) is 11.6 Å².